The lowest BCUT2D eigenvalue weighted by molar-refractivity contribution is -0.137. The van der Waals surface area contributed by atoms with Gasteiger partial charge in [-0.15, -0.1) is 0 Å². The minimum absolute atomic E-state index is 0.0573. The highest BCUT2D eigenvalue weighted by molar-refractivity contribution is 5.66. The summed E-state index contributed by atoms with van der Waals surface area (Å²) in [4.78, 5) is 10.4. The summed E-state index contributed by atoms with van der Waals surface area (Å²) >= 11 is 0. The van der Waals surface area contributed by atoms with E-state index >= 15 is 0 Å². The van der Waals surface area contributed by atoms with E-state index in [-0.39, 0.29) is 12.8 Å². The van der Waals surface area contributed by atoms with Crippen molar-refractivity contribution in [2.24, 2.45) is 0 Å². The van der Waals surface area contributed by atoms with E-state index < -0.39 is 12.1 Å². The molecule has 2 N–H and O–H groups in total. The average Bonchev–Trinajstić information content (AvgIpc) is 2.25. The van der Waals surface area contributed by atoms with E-state index in [9.17, 15) is 9.90 Å². The number of ether oxygens (including phenoxy) is 1. The zero-order valence-electron chi connectivity index (χ0n) is 9.43. The van der Waals surface area contributed by atoms with Gasteiger partial charge < -0.3 is 14.9 Å². The number of hydrogen-bond donors (Lipinski definition) is 2. The number of aliphatic hydroxyl groups is 1. The molecule has 0 aliphatic rings. The minimum atomic E-state index is -0.911. The van der Waals surface area contributed by atoms with Gasteiger partial charge in [-0.2, -0.15) is 0 Å². The molecule has 0 spiro atoms. The monoisotopic (exact) mass is 224 g/mol. The first kappa shape index (κ1) is 12.5. The third-order valence-electron chi connectivity index (χ3n) is 2.38. The first-order chi connectivity index (χ1) is 7.54. The zero-order chi connectivity index (χ0) is 12.1. The molecule has 0 aliphatic carbocycles. The van der Waals surface area contributed by atoms with Gasteiger partial charge >= 0.3 is 5.97 Å². The maximum absolute atomic E-state index is 10.4. The van der Waals surface area contributed by atoms with E-state index in [4.69, 9.17) is 9.84 Å². The molecule has 0 radical (unpaired) electrons. The van der Waals surface area contributed by atoms with Gasteiger partial charge in [0, 0.05) is 12.0 Å². The molecule has 1 aromatic carbocycles. The van der Waals surface area contributed by atoms with Crippen LogP contribution >= 0.6 is 0 Å². The molecular formula is C12H16O4. The highest BCUT2D eigenvalue weighted by atomic mass is 16.5. The fraction of sp³-hybridized carbons (Fsp3) is 0.417. The van der Waals surface area contributed by atoms with E-state index in [0.717, 1.165) is 5.56 Å². The van der Waals surface area contributed by atoms with Crippen LogP contribution in [0.4, 0.5) is 0 Å². The Kier molecular flexibility index (Phi) is 4.31. The molecule has 0 heterocycles. The maximum Gasteiger partial charge on any atom is 0.303 e. The number of carboxylic acid groups (broad SMARTS) is 1. The van der Waals surface area contributed by atoms with E-state index in [2.05, 4.69) is 0 Å². The molecule has 4 nitrogen and oxygen atoms in total. The second-order valence-corrected chi connectivity index (χ2v) is 3.69. The first-order valence-electron chi connectivity index (χ1n) is 5.09. The van der Waals surface area contributed by atoms with Crippen LogP contribution in [0.25, 0.3) is 0 Å². The summed E-state index contributed by atoms with van der Waals surface area (Å²) in [6.07, 6.45) is -0.668. The number of carbonyl (C=O) groups is 1. The molecule has 0 fully saturated rings. The van der Waals surface area contributed by atoms with Gasteiger partial charge in [-0.05, 0) is 25.5 Å². The predicted molar refractivity (Wildman–Crippen MR) is 59.6 cm³/mol. The van der Waals surface area contributed by atoms with Crippen LogP contribution in [0.2, 0.25) is 0 Å². The molecule has 1 atom stereocenters. The summed E-state index contributed by atoms with van der Waals surface area (Å²) < 4.78 is 5.12. The summed E-state index contributed by atoms with van der Waals surface area (Å²) in [5, 5.41) is 18.4. The molecule has 1 aromatic rings. The quantitative estimate of drug-likeness (QED) is 0.801. The van der Waals surface area contributed by atoms with Crippen LogP contribution in [0.5, 0.6) is 5.75 Å². The van der Waals surface area contributed by atoms with Crippen molar-refractivity contribution < 1.29 is 19.7 Å². The SMILES string of the molecule is COc1ccc(C)cc1[C@@H](O)CCC(=O)O. The highest BCUT2D eigenvalue weighted by Crippen LogP contribution is 2.28. The molecule has 0 saturated heterocycles. The van der Waals surface area contributed by atoms with Gasteiger partial charge in [0.25, 0.3) is 0 Å². The smallest absolute Gasteiger partial charge is 0.303 e. The average molecular weight is 224 g/mol. The molecule has 0 amide bonds. The number of carboxylic acids is 1. The standard InChI is InChI=1S/C12H16O4/c1-8-3-5-11(16-2)9(7-8)10(13)4-6-12(14)15/h3,5,7,10,13H,4,6H2,1-2H3,(H,14,15)/t10-/m0/s1. The Hall–Kier alpha value is -1.55. The van der Waals surface area contributed by atoms with E-state index in [1.165, 1.54) is 7.11 Å². The second kappa shape index (κ2) is 5.51. The van der Waals surface area contributed by atoms with Gasteiger partial charge in [0.15, 0.2) is 0 Å². The topological polar surface area (TPSA) is 66.8 Å². The fourth-order valence-corrected chi connectivity index (χ4v) is 1.53. The van der Waals surface area contributed by atoms with Gasteiger partial charge in [-0.25, -0.2) is 0 Å². The highest BCUT2D eigenvalue weighted by Gasteiger charge is 2.14. The van der Waals surface area contributed by atoms with Crippen molar-refractivity contribution in [3.63, 3.8) is 0 Å². The van der Waals surface area contributed by atoms with Gasteiger partial charge in [0.1, 0.15) is 5.75 Å². The molecular weight excluding hydrogens is 208 g/mol. The zero-order valence-corrected chi connectivity index (χ0v) is 9.43. The van der Waals surface area contributed by atoms with Crippen molar-refractivity contribution in [1.29, 1.82) is 0 Å². The molecule has 4 heteroatoms. The lowest BCUT2D eigenvalue weighted by Crippen LogP contribution is -2.04. The van der Waals surface area contributed by atoms with E-state index in [1.54, 1.807) is 6.07 Å². The van der Waals surface area contributed by atoms with Crippen molar-refractivity contribution in [2.45, 2.75) is 25.9 Å². The Labute approximate surface area is 94.5 Å². The van der Waals surface area contributed by atoms with Crippen LogP contribution in [0, 0.1) is 6.92 Å². The third kappa shape index (κ3) is 3.24. The molecule has 0 bridgehead atoms. The lowest BCUT2D eigenvalue weighted by atomic mass is 10.0. The van der Waals surface area contributed by atoms with Crippen molar-refractivity contribution >= 4 is 5.97 Å². The van der Waals surface area contributed by atoms with Crippen molar-refractivity contribution in [1.82, 2.24) is 0 Å². The molecule has 16 heavy (non-hydrogen) atoms. The predicted octanol–water partition coefficient (Wildman–Crippen LogP) is 1.90. The van der Waals surface area contributed by atoms with Crippen molar-refractivity contribution in [3.05, 3.63) is 29.3 Å². The number of aryl methyl sites for hydroxylation is 1. The molecule has 0 saturated carbocycles. The molecule has 1 rings (SSSR count). The minimum Gasteiger partial charge on any atom is -0.496 e. The summed E-state index contributed by atoms with van der Waals surface area (Å²) in [5.74, 6) is -0.325. The molecule has 0 unspecified atom stereocenters. The Morgan fingerprint density at radius 3 is 2.75 bits per heavy atom. The van der Waals surface area contributed by atoms with Gasteiger partial charge in [-0.3, -0.25) is 4.79 Å². The summed E-state index contributed by atoms with van der Waals surface area (Å²) in [6, 6.07) is 5.46. The Bertz CT molecular complexity index is 373. The van der Waals surface area contributed by atoms with Crippen molar-refractivity contribution in [3.8, 4) is 5.75 Å². The second-order valence-electron chi connectivity index (χ2n) is 3.69. The lowest BCUT2D eigenvalue weighted by Gasteiger charge is -2.14. The van der Waals surface area contributed by atoms with Crippen molar-refractivity contribution in [2.75, 3.05) is 7.11 Å². The van der Waals surface area contributed by atoms with Crippen LogP contribution in [0.15, 0.2) is 18.2 Å². The van der Waals surface area contributed by atoms with Crippen LogP contribution in [0.1, 0.15) is 30.1 Å². The Morgan fingerprint density at radius 2 is 2.19 bits per heavy atom. The van der Waals surface area contributed by atoms with Crippen LogP contribution < -0.4 is 4.74 Å². The first-order valence-corrected chi connectivity index (χ1v) is 5.09. The molecule has 88 valence electrons. The van der Waals surface area contributed by atoms with Crippen LogP contribution in [-0.4, -0.2) is 23.3 Å². The summed E-state index contributed by atoms with van der Waals surface area (Å²) in [5.41, 5.74) is 1.65. The van der Waals surface area contributed by atoms with Gasteiger partial charge in [0.05, 0.1) is 13.2 Å². The summed E-state index contributed by atoms with van der Waals surface area (Å²) in [7, 11) is 1.53. The normalized spacial score (nSPS) is 12.2. The summed E-state index contributed by atoms with van der Waals surface area (Å²) in [6.45, 7) is 1.91. The van der Waals surface area contributed by atoms with Gasteiger partial charge in [-0.1, -0.05) is 11.6 Å². The van der Waals surface area contributed by atoms with Crippen LogP contribution in [0.3, 0.4) is 0 Å². The van der Waals surface area contributed by atoms with E-state index in [0.29, 0.717) is 11.3 Å². The Balaban J connectivity index is 2.84. The number of aliphatic carboxylic acids is 1. The fourth-order valence-electron chi connectivity index (χ4n) is 1.53. The Morgan fingerprint density at radius 1 is 1.50 bits per heavy atom. The number of rotatable bonds is 5. The largest absolute Gasteiger partial charge is 0.496 e. The third-order valence-corrected chi connectivity index (χ3v) is 2.38. The number of aliphatic hydroxyl groups excluding tert-OH is 1. The molecule has 0 aromatic heterocycles. The van der Waals surface area contributed by atoms with Gasteiger partial charge in [0.2, 0.25) is 0 Å². The van der Waals surface area contributed by atoms with Crippen LogP contribution in [-0.2, 0) is 4.79 Å². The number of methoxy groups -OCH3 is 1. The number of benzene rings is 1. The van der Waals surface area contributed by atoms with E-state index in [1.807, 2.05) is 19.1 Å². The maximum atomic E-state index is 10.4. The number of hydrogen-bond acceptors (Lipinski definition) is 3. The molecule has 0 aliphatic heterocycles.